The fourth-order valence-corrected chi connectivity index (χ4v) is 1.83. The summed E-state index contributed by atoms with van der Waals surface area (Å²) in [6.07, 6.45) is 1.53. The normalized spacial score (nSPS) is 11.4. The van der Waals surface area contributed by atoms with Gasteiger partial charge < -0.3 is 4.74 Å². The summed E-state index contributed by atoms with van der Waals surface area (Å²) in [6.45, 7) is 11.1. The van der Waals surface area contributed by atoms with Crippen LogP contribution in [0.2, 0.25) is 0 Å². The van der Waals surface area contributed by atoms with E-state index in [0.717, 1.165) is 23.3 Å². The average molecular weight is 248 g/mol. The Hall–Kier alpha value is -1.31. The van der Waals surface area contributed by atoms with E-state index in [0.29, 0.717) is 13.0 Å². The Balaban J connectivity index is 3.16. The van der Waals surface area contributed by atoms with Gasteiger partial charge in [0.15, 0.2) is 5.78 Å². The van der Waals surface area contributed by atoms with Crippen molar-refractivity contribution in [3.05, 3.63) is 29.3 Å². The summed E-state index contributed by atoms with van der Waals surface area (Å²) in [4.78, 5) is 11.8. The van der Waals surface area contributed by atoms with Crippen molar-refractivity contribution < 1.29 is 9.53 Å². The SMILES string of the molecule is CCCOc1ccc(C(=O)CC)cc1C(C)(C)C. The van der Waals surface area contributed by atoms with Crippen molar-refractivity contribution in [2.75, 3.05) is 6.61 Å². The molecule has 1 rings (SSSR count). The fourth-order valence-electron chi connectivity index (χ4n) is 1.83. The Morgan fingerprint density at radius 2 is 1.89 bits per heavy atom. The van der Waals surface area contributed by atoms with Gasteiger partial charge in [-0.05, 0) is 30.0 Å². The predicted octanol–water partition coefficient (Wildman–Crippen LogP) is 4.37. The zero-order valence-electron chi connectivity index (χ0n) is 12.2. The summed E-state index contributed by atoms with van der Waals surface area (Å²) in [7, 11) is 0. The molecule has 0 atom stereocenters. The molecule has 2 nitrogen and oxygen atoms in total. The molecular weight excluding hydrogens is 224 g/mol. The number of Topliss-reactive ketones (excluding diaryl/α,β-unsaturated/α-hetero) is 1. The Bertz CT molecular complexity index is 414. The number of benzene rings is 1. The lowest BCUT2D eigenvalue weighted by atomic mass is 9.85. The number of rotatable bonds is 5. The summed E-state index contributed by atoms with van der Waals surface area (Å²) in [5, 5.41) is 0. The first-order valence-electron chi connectivity index (χ1n) is 6.70. The maximum atomic E-state index is 11.8. The van der Waals surface area contributed by atoms with E-state index in [1.54, 1.807) is 0 Å². The number of ether oxygens (including phenoxy) is 1. The number of ketones is 1. The molecule has 0 aliphatic rings. The summed E-state index contributed by atoms with van der Waals surface area (Å²) >= 11 is 0. The molecule has 0 saturated heterocycles. The van der Waals surface area contributed by atoms with Crippen LogP contribution in [-0.2, 0) is 5.41 Å². The monoisotopic (exact) mass is 248 g/mol. The van der Waals surface area contributed by atoms with Crippen LogP contribution in [-0.4, -0.2) is 12.4 Å². The second-order valence-electron chi connectivity index (χ2n) is 5.59. The van der Waals surface area contributed by atoms with Gasteiger partial charge in [0, 0.05) is 17.5 Å². The lowest BCUT2D eigenvalue weighted by Crippen LogP contribution is -2.15. The third-order valence-corrected chi connectivity index (χ3v) is 2.89. The van der Waals surface area contributed by atoms with E-state index < -0.39 is 0 Å². The molecule has 0 amide bonds. The Kier molecular flexibility index (Phi) is 4.94. The highest BCUT2D eigenvalue weighted by molar-refractivity contribution is 5.96. The predicted molar refractivity (Wildman–Crippen MR) is 75.5 cm³/mol. The van der Waals surface area contributed by atoms with E-state index in [2.05, 4.69) is 27.7 Å². The lowest BCUT2D eigenvalue weighted by Gasteiger charge is -2.23. The molecule has 0 fully saturated rings. The van der Waals surface area contributed by atoms with Gasteiger partial charge in [-0.1, -0.05) is 34.6 Å². The highest BCUT2D eigenvalue weighted by Gasteiger charge is 2.20. The van der Waals surface area contributed by atoms with Crippen LogP contribution in [0.1, 0.15) is 63.4 Å². The van der Waals surface area contributed by atoms with E-state index in [9.17, 15) is 4.79 Å². The number of hydrogen-bond acceptors (Lipinski definition) is 2. The second-order valence-corrected chi connectivity index (χ2v) is 5.59. The lowest BCUT2D eigenvalue weighted by molar-refractivity contribution is 0.0988. The molecule has 18 heavy (non-hydrogen) atoms. The van der Waals surface area contributed by atoms with Gasteiger partial charge in [-0.2, -0.15) is 0 Å². The molecular formula is C16H24O2. The van der Waals surface area contributed by atoms with E-state index in [1.165, 1.54) is 0 Å². The number of hydrogen-bond donors (Lipinski definition) is 0. The average Bonchev–Trinajstić information content (AvgIpc) is 2.34. The molecule has 0 radical (unpaired) electrons. The molecule has 0 N–H and O–H groups in total. The molecule has 0 spiro atoms. The topological polar surface area (TPSA) is 26.3 Å². The minimum atomic E-state index is -0.0207. The maximum Gasteiger partial charge on any atom is 0.162 e. The standard InChI is InChI=1S/C16H24O2/c1-6-10-18-15-9-8-12(14(17)7-2)11-13(15)16(3,4)5/h8-9,11H,6-7,10H2,1-5H3. The molecule has 0 aliphatic carbocycles. The van der Waals surface area contributed by atoms with Gasteiger partial charge in [-0.3, -0.25) is 4.79 Å². The van der Waals surface area contributed by atoms with Gasteiger partial charge in [-0.15, -0.1) is 0 Å². The molecule has 1 aromatic rings. The molecule has 2 heteroatoms. The van der Waals surface area contributed by atoms with Gasteiger partial charge in [-0.25, -0.2) is 0 Å². The van der Waals surface area contributed by atoms with Crippen LogP contribution in [0.15, 0.2) is 18.2 Å². The van der Waals surface area contributed by atoms with Crippen molar-refractivity contribution in [1.82, 2.24) is 0 Å². The van der Waals surface area contributed by atoms with Crippen LogP contribution in [0.3, 0.4) is 0 Å². The molecule has 0 bridgehead atoms. The van der Waals surface area contributed by atoms with Crippen molar-refractivity contribution in [3.63, 3.8) is 0 Å². The van der Waals surface area contributed by atoms with Gasteiger partial charge in [0.25, 0.3) is 0 Å². The van der Waals surface area contributed by atoms with Crippen molar-refractivity contribution in [2.24, 2.45) is 0 Å². The van der Waals surface area contributed by atoms with Crippen LogP contribution in [0.5, 0.6) is 5.75 Å². The van der Waals surface area contributed by atoms with Crippen LogP contribution in [0.25, 0.3) is 0 Å². The largest absolute Gasteiger partial charge is 0.493 e. The highest BCUT2D eigenvalue weighted by Crippen LogP contribution is 2.32. The molecule has 0 heterocycles. The van der Waals surface area contributed by atoms with Crippen molar-refractivity contribution >= 4 is 5.78 Å². The zero-order chi connectivity index (χ0) is 13.8. The van der Waals surface area contributed by atoms with Crippen molar-refractivity contribution in [3.8, 4) is 5.75 Å². The molecule has 0 aliphatic heterocycles. The summed E-state index contributed by atoms with van der Waals surface area (Å²) in [5.41, 5.74) is 1.87. The second kappa shape index (κ2) is 6.03. The molecule has 0 saturated carbocycles. The summed E-state index contributed by atoms with van der Waals surface area (Å²) < 4.78 is 5.77. The summed E-state index contributed by atoms with van der Waals surface area (Å²) in [5.74, 6) is 1.08. The minimum absolute atomic E-state index is 0.0207. The van der Waals surface area contributed by atoms with Crippen LogP contribution >= 0.6 is 0 Å². The van der Waals surface area contributed by atoms with E-state index in [-0.39, 0.29) is 11.2 Å². The Morgan fingerprint density at radius 3 is 2.39 bits per heavy atom. The first kappa shape index (κ1) is 14.7. The van der Waals surface area contributed by atoms with E-state index >= 15 is 0 Å². The van der Waals surface area contributed by atoms with Crippen molar-refractivity contribution in [1.29, 1.82) is 0 Å². The zero-order valence-corrected chi connectivity index (χ0v) is 12.2. The van der Waals surface area contributed by atoms with Gasteiger partial charge in [0.1, 0.15) is 5.75 Å². The molecule has 0 unspecified atom stereocenters. The van der Waals surface area contributed by atoms with Gasteiger partial charge >= 0.3 is 0 Å². The molecule has 0 aromatic heterocycles. The quantitative estimate of drug-likeness (QED) is 0.723. The molecule has 1 aromatic carbocycles. The Morgan fingerprint density at radius 1 is 1.22 bits per heavy atom. The first-order chi connectivity index (χ1) is 8.40. The van der Waals surface area contributed by atoms with Crippen molar-refractivity contribution in [2.45, 2.75) is 52.9 Å². The first-order valence-corrected chi connectivity index (χ1v) is 6.70. The summed E-state index contributed by atoms with van der Waals surface area (Å²) in [6, 6.07) is 5.78. The van der Waals surface area contributed by atoms with Crippen LogP contribution < -0.4 is 4.74 Å². The van der Waals surface area contributed by atoms with Crippen LogP contribution in [0, 0.1) is 0 Å². The number of carbonyl (C=O) groups is 1. The highest BCUT2D eigenvalue weighted by atomic mass is 16.5. The van der Waals surface area contributed by atoms with E-state index in [1.807, 2.05) is 25.1 Å². The third-order valence-electron chi connectivity index (χ3n) is 2.89. The van der Waals surface area contributed by atoms with Crippen LogP contribution in [0.4, 0.5) is 0 Å². The maximum absolute atomic E-state index is 11.8. The minimum Gasteiger partial charge on any atom is -0.493 e. The van der Waals surface area contributed by atoms with Gasteiger partial charge in [0.2, 0.25) is 0 Å². The molecule has 100 valence electrons. The Labute approximate surface area is 110 Å². The third kappa shape index (κ3) is 3.59. The number of carbonyl (C=O) groups excluding carboxylic acids is 1. The fraction of sp³-hybridized carbons (Fsp3) is 0.562. The smallest absolute Gasteiger partial charge is 0.162 e. The van der Waals surface area contributed by atoms with Gasteiger partial charge in [0.05, 0.1) is 6.61 Å². The van der Waals surface area contributed by atoms with E-state index in [4.69, 9.17) is 4.74 Å².